The normalized spacial score (nSPS) is 22.3. The molecule has 0 amide bonds. The highest BCUT2D eigenvalue weighted by Gasteiger charge is 2.23. The molecule has 2 aromatic rings. The number of aromatic nitrogens is 2. The summed E-state index contributed by atoms with van der Waals surface area (Å²) in [6.07, 6.45) is 10.6. The molecule has 0 saturated heterocycles. The molecule has 3 rings (SSSR count). The van der Waals surface area contributed by atoms with Crippen molar-refractivity contribution >= 4 is 0 Å². The van der Waals surface area contributed by atoms with Gasteiger partial charge >= 0.3 is 0 Å². The lowest BCUT2D eigenvalue weighted by molar-refractivity contribution is 0.254. The zero-order valence-corrected chi connectivity index (χ0v) is 12.8. The first-order valence-corrected chi connectivity index (χ1v) is 8.19. The molecule has 112 valence electrons. The van der Waals surface area contributed by atoms with Crippen molar-refractivity contribution in [2.75, 3.05) is 0 Å². The van der Waals surface area contributed by atoms with Crippen molar-refractivity contribution in [3.63, 3.8) is 0 Å². The van der Waals surface area contributed by atoms with Gasteiger partial charge in [-0.3, -0.25) is 0 Å². The Morgan fingerprint density at radius 3 is 2.86 bits per heavy atom. The van der Waals surface area contributed by atoms with Gasteiger partial charge in [0.05, 0.1) is 5.69 Å². The summed E-state index contributed by atoms with van der Waals surface area (Å²) in [6.45, 7) is 3.25. The van der Waals surface area contributed by atoms with Gasteiger partial charge in [-0.1, -0.05) is 44.4 Å². The summed E-state index contributed by atoms with van der Waals surface area (Å²) in [5.41, 5.74) is 2.50. The Balaban J connectivity index is 1.70. The van der Waals surface area contributed by atoms with Crippen molar-refractivity contribution in [2.24, 2.45) is 5.92 Å². The molecule has 1 aliphatic carbocycles. The third-order valence-corrected chi connectivity index (χ3v) is 4.73. The number of rotatable bonds is 5. The van der Waals surface area contributed by atoms with Gasteiger partial charge in [-0.05, 0) is 36.5 Å². The van der Waals surface area contributed by atoms with E-state index in [1.54, 1.807) is 0 Å². The molecule has 3 nitrogen and oxygen atoms in total. The van der Waals surface area contributed by atoms with E-state index in [4.69, 9.17) is 0 Å². The Labute approximate surface area is 127 Å². The summed E-state index contributed by atoms with van der Waals surface area (Å²) in [7, 11) is 0. The molecule has 2 unspecified atom stereocenters. The minimum Gasteiger partial charge on any atom is -0.310 e. The van der Waals surface area contributed by atoms with Gasteiger partial charge in [0, 0.05) is 25.0 Å². The first-order valence-electron chi connectivity index (χ1n) is 8.19. The van der Waals surface area contributed by atoms with Gasteiger partial charge in [0.2, 0.25) is 0 Å². The van der Waals surface area contributed by atoms with Crippen molar-refractivity contribution < 1.29 is 0 Å². The van der Waals surface area contributed by atoms with E-state index in [9.17, 15) is 0 Å². The van der Waals surface area contributed by atoms with Crippen LogP contribution in [0.2, 0.25) is 0 Å². The van der Waals surface area contributed by atoms with Crippen LogP contribution in [0.25, 0.3) is 5.69 Å². The second-order valence-corrected chi connectivity index (χ2v) is 6.02. The van der Waals surface area contributed by atoms with E-state index >= 15 is 0 Å². The first-order chi connectivity index (χ1) is 10.4. The molecule has 1 N–H and O–H groups in total. The summed E-state index contributed by atoms with van der Waals surface area (Å²) in [5.74, 6) is 0.843. The van der Waals surface area contributed by atoms with Gasteiger partial charge in [-0.25, -0.2) is 4.68 Å². The Hall–Kier alpha value is -1.61. The summed E-state index contributed by atoms with van der Waals surface area (Å²) >= 11 is 0. The maximum absolute atomic E-state index is 4.36. The molecule has 1 aromatic heterocycles. The molecule has 1 heterocycles. The van der Waals surface area contributed by atoms with E-state index in [1.807, 2.05) is 23.1 Å². The molecule has 3 heteroatoms. The number of hydrogen-bond acceptors (Lipinski definition) is 2. The fraction of sp³-hybridized carbons (Fsp3) is 0.500. The second-order valence-electron chi connectivity index (χ2n) is 6.02. The number of hydrogen-bond donors (Lipinski definition) is 1. The third kappa shape index (κ3) is 3.35. The zero-order valence-electron chi connectivity index (χ0n) is 12.8. The Kier molecular flexibility index (Phi) is 4.71. The van der Waals surface area contributed by atoms with Crippen molar-refractivity contribution in [2.45, 2.75) is 51.6 Å². The zero-order chi connectivity index (χ0) is 14.5. The van der Waals surface area contributed by atoms with Gasteiger partial charge in [-0.15, -0.1) is 0 Å². The molecule has 0 radical (unpaired) electrons. The SMILES string of the molecule is CCC1CCCCC1NCc1ccccc1-n1cccn1. The standard InChI is InChI=1S/C18H25N3/c1-2-15-8-3-5-10-17(15)19-14-16-9-4-6-11-18(16)21-13-7-12-20-21/h4,6-7,9,11-13,15,17,19H,2-3,5,8,10,14H2,1H3. The van der Waals surface area contributed by atoms with Gasteiger partial charge < -0.3 is 5.32 Å². The van der Waals surface area contributed by atoms with E-state index in [2.05, 4.69) is 41.6 Å². The van der Waals surface area contributed by atoms with Crippen LogP contribution >= 0.6 is 0 Å². The monoisotopic (exact) mass is 283 g/mol. The van der Waals surface area contributed by atoms with Crippen molar-refractivity contribution in [1.82, 2.24) is 15.1 Å². The van der Waals surface area contributed by atoms with Gasteiger partial charge in [-0.2, -0.15) is 5.10 Å². The fourth-order valence-electron chi connectivity index (χ4n) is 3.50. The highest BCUT2D eigenvalue weighted by molar-refractivity contribution is 5.40. The Morgan fingerprint density at radius 1 is 1.19 bits per heavy atom. The largest absolute Gasteiger partial charge is 0.310 e. The molecule has 1 aromatic carbocycles. The molecular formula is C18H25N3. The maximum Gasteiger partial charge on any atom is 0.0690 e. The molecule has 1 aliphatic rings. The van der Waals surface area contributed by atoms with Crippen LogP contribution in [0, 0.1) is 5.92 Å². The first kappa shape index (κ1) is 14.3. The molecule has 1 saturated carbocycles. The van der Waals surface area contributed by atoms with Crippen LogP contribution < -0.4 is 5.32 Å². The highest BCUT2D eigenvalue weighted by Crippen LogP contribution is 2.27. The molecular weight excluding hydrogens is 258 g/mol. The average Bonchev–Trinajstić information content (AvgIpc) is 3.08. The Bertz CT molecular complexity index is 547. The number of benzene rings is 1. The van der Waals surface area contributed by atoms with Gasteiger partial charge in [0.1, 0.15) is 0 Å². The van der Waals surface area contributed by atoms with Crippen LogP contribution in [0.3, 0.4) is 0 Å². The molecule has 21 heavy (non-hydrogen) atoms. The predicted molar refractivity (Wildman–Crippen MR) is 86.4 cm³/mol. The lowest BCUT2D eigenvalue weighted by Gasteiger charge is -2.32. The maximum atomic E-state index is 4.36. The van der Waals surface area contributed by atoms with E-state index in [-0.39, 0.29) is 0 Å². The Morgan fingerprint density at radius 2 is 2.05 bits per heavy atom. The van der Waals surface area contributed by atoms with Crippen LogP contribution in [-0.4, -0.2) is 15.8 Å². The van der Waals surface area contributed by atoms with Crippen LogP contribution in [0.15, 0.2) is 42.7 Å². The van der Waals surface area contributed by atoms with Crippen LogP contribution in [-0.2, 0) is 6.54 Å². The molecule has 0 bridgehead atoms. The quantitative estimate of drug-likeness (QED) is 0.901. The van der Waals surface area contributed by atoms with E-state index in [1.165, 1.54) is 43.4 Å². The van der Waals surface area contributed by atoms with Crippen LogP contribution in [0.5, 0.6) is 0 Å². The minimum atomic E-state index is 0.675. The number of nitrogens with one attached hydrogen (secondary N) is 1. The van der Waals surface area contributed by atoms with Crippen molar-refractivity contribution in [1.29, 1.82) is 0 Å². The van der Waals surface area contributed by atoms with E-state index < -0.39 is 0 Å². The number of para-hydroxylation sites is 1. The number of nitrogens with zero attached hydrogens (tertiary/aromatic N) is 2. The summed E-state index contributed by atoms with van der Waals surface area (Å²) in [4.78, 5) is 0. The molecule has 0 aliphatic heterocycles. The van der Waals surface area contributed by atoms with E-state index in [0.717, 1.165) is 12.5 Å². The van der Waals surface area contributed by atoms with E-state index in [0.29, 0.717) is 6.04 Å². The lowest BCUT2D eigenvalue weighted by atomic mass is 9.83. The summed E-state index contributed by atoms with van der Waals surface area (Å²) in [5, 5.41) is 8.16. The van der Waals surface area contributed by atoms with Crippen molar-refractivity contribution in [3.8, 4) is 5.69 Å². The average molecular weight is 283 g/mol. The highest BCUT2D eigenvalue weighted by atomic mass is 15.3. The second kappa shape index (κ2) is 6.90. The fourth-order valence-corrected chi connectivity index (χ4v) is 3.50. The third-order valence-electron chi connectivity index (χ3n) is 4.73. The van der Waals surface area contributed by atoms with Gasteiger partial charge in [0.15, 0.2) is 0 Å². The lowest BCUT2D eigenvalue weighted by Crippen LogP contribution is -2.38. The molecule has 0 spiro atoms. The predicted octanol–water partition coefficient (Wildman–Crippen LogP) is 3.93. The van der Waals surface area contributed by atoms with Crippen molar-refractivity contribution in [3.05, 3.63) is 48.3 Å². The topological polar surface area (TPSA) is 29.9 Å². The summed E-state index contributed by atoms with van der Waals surface area (Å²) in [6, 6.07) is 11.2. The van der Waals surface area contributed by atoms with Crippen LogP contribution in [0.1, 0.15) is 44.6 Å². The minimum absolute atomic E-state index is 0.675. The van der Waals surface area contributed by atoms with Gasteiger partial charge in [0.25, 0.3) is 0 Å². The molecule has 1 fully saturated rings. The molecule has 2 atom stereocenters. The summed E-state index contributed by atoms with van der Waals surface area (Å²) < 4.78 is 1.95. The van der Waals surface area contributed by atoms with Crippen LogP contribution in [0.4, 0.5) is 0 Å². The smallest absolute Gasteiger partial charge is 0.0690 e.